The molecule has 4 N–H and O–H groups in total. The predicted molar refractivity (Wildman–Crippen MR) is 164 cm³/mol. The standard InChI is InChI=1S/C33H56N4O4/c1-8-24(4)29(31(40)35-22-25-15-11-14-20-34-25)37-30(39)26(23(2)3)16-9-12-18-33(41)19-13-10-17-27(33)36-28(38)21-32(5,6)7/h11,14-15,20,23-24,26-27,29,41H,8-10,12-13,16-19,21-22H2,1-7H3,(H,35,40)(H,36,38)(H,37,39)/t24?,26?,27?,29?,33-/m1/s1. The van der Waals surface area contributed by atoms with Gasteiger partial charge in [-0.25, -0.2) is 0 Å². The van der Waals surface area contributed by atoms with Crippen molar-refractivity contribution in [1.29, 1.82) is 0 Å². The number of amides is 3. The zero-order chi connectivity index (χ0) is 30.6. The highest BCUT2D eigenvalue weighted by atomic mass is 16.3. The molecule has 4 unspecified atom stereocenters. The van der Waals surface area contributed by atoms with Gasteiger partial charge < -0.3 is 21.1 Å². The fourth-order valence-electron chi connectivity index (χ4n) is 5.77. The molecule has 1 aromatic rings. The van der Waals surface area contributed by atoms with Gasteiger partial charge in [-0.15, -0.1) is 0 Å². The summed E-state index contributed by atoms with van der Waals surface area (Å²) < 4.78 is 0. The molecule has 1 aliphatic carbocycles. The van der Waals surface area contributed by atoms with Crippen molar-refractivity contribution in [1.82, 2.24) is 20.9 Å². The van der Waals surface area contributed by atoms with Crippen LogP contribution in [-0.2, 0) is 20.9 Å². The first-order chi connectivity index (χ1) is 19.3. The molecule has 1 saturated carbocycles. The van der Waals surface area contributed by atoms with Gasteiger partial charge in [-0.1, -0.05) is 86.6 Å². The smallest absolute Gasteiger partial charge is 0.243 e. The van der Waals surface area contributed by atoms with E-state index in [1.54, 1.807) is 6.20 Å². The zero-order valence-electron chi connectivity index (χ0n) is 26.6. The largest absolute Gasteiger partial charge is 0.388 e. The van der Waals surface area contributed by atoms with Crippen LogP contribution < -0.4 is 16.0 Å². The van der Waals surface area contributed by atoms with E-state index in [9.17, 15) is 19.5 Å². The highest BCUT2D eigenvalue weighted by Gasteiger charge is 2.39. The number of unbranched alkanes of at least 4 members (excludes halogenated alkanes) is 1. The van der Waals surface area contributed by atoms with E-state index < -0.39 is 11.6 Å². The monoisotopic (exact) mass is 572 g/mol. The summed E-state index contributed by atoms with van der Waals surface area (Å²) in [6, 6.07) is 4.73. The fourth-order valence-corrected chi connectivity index (χ4v) is 5.77. The van der Waals surface area contributed by atoms with Gasteiger partial charge in [-0.2, -0.15) is 0 Å². The minimum atomic E-state index is -0.908. The Labute approximate surface area is 248 Å². The quantitative estimate of drug-likeness (QED) is 0.213. The molecule has 0 spiro atoms. The number of aromatic nitrogens is 1. The lowest BCUT2D eigenvalue weighted by Gasteiger charge is -2.41. The maximum absolute atomic E-state index is 13.4. The topological polar surface area (TPSA) is 120 Å². The van der Waals surface area contributed by atoms with E-state index in [1.807, 2.05) is 66.7 Å². The molecule has 0 bridgehead atoms. The van der Waals surface area contributed by atoms with Crippen molar-refractivity contribution in [3.8, 4) is 0 Å². The van der Waals surface area contributed by atoms with E-state index in [1.165, 1.54) is 0 Å². The lowest BCUT2D eigenvalue weighted by atomic mass is 9.76. The fraction of sp³-hybridized carbons (Fsp3) is 0.758. The molecule has 3 amide bonds. The molecule has 0 saturated heterocycles. The minimum absolute atomic E-state index is 0.000650. The number of rotatable bonds is 15. The molecule has 41 heavy (non-hydrogen) atoms. The first-order valence-electron chi connectivity index (χ1n) is 15.8. The Kier molecular flexibility index (Phi) is 13.7. The number of aliphatic hydroxyl groups is 1. The van der Waals surface area contributed by atoms with Gasteiger partial charge in [0.2, 0.25) is 17.7 Å². The molecule has 0 radical (unpaired) electrons. The van der Waals surface area contributed by atoms with E-state index >= 15 is 0 Å². The summed E-state index contributed by atoms with van der Waals surface area (Å²) in [5.41, 5.74) is -0.239. The van der Waals surface area contributed by atoms with Crippen LogP contribution in [0, 0.1) is 23.2 Å². The van der Waals surface area contributed by atoms with E-state index in [0.717, 1.165) is 44.2 Å². The number of hydrogen-bond acceptors (Lipinski definition) is 5. The Morgan fingerprint density at radius 1 is 1.10 bits per heavy atom. The average molecular weight is 573 g/mol. The molecule has 232 valence electrons. The van der Waals surface area contributed by atoms with Crippen LogP contribution >= 0.6 is 0 Å². The molecular formula is C33H56N4O4. The molecule has 1 aliphatic rings. The van der Waals surface area contributed by atoms with Crippen LogP contribution in [0.25, 0.3) is 0 Å². The van der Waals surface area contributed by atoms with Crippen LogP contribution in [-0.4, -0.2) is 45.5 Å². The van der Waals surface area contributed by atoms with E-state index in [-0.39, 0.29) is 46.9 Å². The number of carbonyl (C=O) groups excluding carboxylic acids is 3. The molecule has 1 fully saturated rings. The van der Waals surface area contributed by atoms with E-state index in [4.69, 9.17) is 0 Å². The highest BCUT2D eigenvalue weighted by molar-refractivity contribution is 5.88. The summed E-state index contributed by atoms with van der Waals surface area (Å²) in [7, 11) is 0. The molecule has 8 nitrogen and oxygen atoms in total. The lowest BCUT2D eigenvalue weighted by molar-refractivity contribution is -0.133. The summed E-state index contributed by atoms with van der Waals surface area (Å²) in [6.45, 7) is 14.5. The van der Waals surface area contributed by atoms with Gasteiger partial charge in [0.15, 0.2) is 0 Å². The van der Waals surface area contributed by atoms with Gasteiger partial charge in [0.1, 0.15) is 6.04 Å². The Morgan fingerprint density at radius 2 is 1.83 bits per heavy atom. The summed E-state index contributed by atoms with van der Waals surface area (Å²) in [4.78, 5) is 43.4. The van der Waals surface area contributed by atoms with Gasteiger partial charge in [0.25, 0.3) is 0 Å². The molecule has 0 aliphatic heterocycles. The second-order valence-electron chi connectivity index (χ2n) is 13.7. The summed E-state index contributed by atoms with van der Waals surface area (Å²) in [6.07, 6.45) is 9.19. The molecule has 8 heteroatoms. The van der Waals surface area contributed by atoms with Gasteiger partial charge in [0.05, 0.1) is 23.9 Å². The third kappa shape index (κ3) is 11.7. The molecule has 2 rings (SSSR count). The average Bonchev–Trinajstić information content (AvgIpc) is 2.90. The third-order valence-electron chi connectivity index (χ3n) is 8.51. The van der Waals surface area contributed by atoms with Crippen LogP contribution in [0.2, 0.25) is 0 Å². The number of carbonyl (C=O) groups is 3. The second-order valence-corrected chi connectivity index (χ2v) is 13.7. The first kappa shape index (κ1) is 34.7. The molecule has 1 heterocycles. The highest BCUT2D eigenvalue weighted by Crippen LogP contribution is 2.34. The second kappa shape index (κ2) is 16.2. The normalized spacial score (nSPS) is 21.5. The lowest BCUT2D eigenvalue weighted by Crippen LogP contribution is -2.54. The van der Waals surface area contributed by atoms with Crippen LogP contribution in [0.5, 0.6) is 0 Å². The number of hydrogen-bond donors (Lipinski definition) is 4. The van der Waals surface area contributed by atoms with Crippen molar-refractivity contribution in [3.05, 3.63) is 30.1 Å². The Hall–Kier alpha value is -2.48. The van der Waals surface area contributed by atoms with Crippen molar-refractivity contribution in [3.63, 3.8) is 0 Å². The Balaban J connectivity index is 1.94. The van der Waals surface area contributed by atoms with E-state index in [0.29, 0.717) is 32.2 Å². The number of nitrogens with one attached hydrogen (secondary N) is 3. The maximum atomic E-state index is 13.4. The Morgan fingerprint density at radius 3 is 2.44 bits per heavy atom. The van der Waals surface area contributed by atoms with Crippen LogP contribution in [0.1, 0.15) is 118 Å². The van der Waals surface area contributed by atoms with Gasteiger partial charge in [0, 0.05) is 18.5 Å². The Bertz CT molecular complexity index is 962. The van der Waals surface area contributed by atoms with Gasteiger partial charge >= 0.3 is 0 Å². The zero-order valence-corrected chi connectivity index (χ0v) is 26.6. The van der Waals surface area contributed by atoms with Crippen molar-refractivity contribution < 1.29 is 19.5 Å². The van der Waals surface area contributed by atoms with Crippen LogP contribution in [0.3, 0.4) is 0 Å². The summed E-state index contributed by atoms with van der Waals surface area (Å²) in [5.74, 6) is -0.414. The number of pyridine rings is 1. The molecular weight excluding hydrogens is 516 g/mol. The third-order valence-corrected chi connectivity index (χ3v) is 8.51. The van der Waals surface area contributed by atoms with Crippen molar-refractivity contribution in [2.45, 2.75) is 137 Å². The summed E-state index contributed by atoms with van der Waals surface area (Å²) >= 11 is 0. The SMILES string of the molecule is CCC(C)C(NC(=O)C(CCCC[C@@]1(O)CCCCC1NC(=O)CC(C)(C)C)C(C)C)C(=O)NCc1ccccn1. The minimum Gasteiger partial charge on any atom is -0.388 e. The predicted octanol–water partition coefficient (Wildman–Crippen LogP) is 5.29. The van der Waals surface area contributed by atoms with Crippen LogP contribution in [0.4, 0.5) is 0 Å². The van der Waals surface area contributed by atoms with Crippen molar-refractivity contribution in [2.75, 3.05) is 0 Å². The van der Waals surface area contributed by atoms with Crippen molar-refractivity contribution in [2.24, 2.45) is 23.2 Å². The molecule has 0 aromatic carbocycles. The first-order valence-corrected chi connectivity index (χ1v) is 15.8. The van der Waals surface area contributed by atoms with Gasteiger partial charge in [-0.3, -0.25) is 19.4 Å². The van der Waals surface area contributed by atoms with Gasteiger partial charge in [-0.05, 0) is 55.1 Å². The maximum Gasteiger partial charge on any atom is 0.243 e. The molecule has 5 atom stereocenters. The summed E-state index contributed by atoms with van der Waals surface area (Å²) in [5, 5.41) is 20.6. The van der Waals surface area contributed by atoms with E-state index in [2.05, 4.69) is 20.9 Å². The molecule has 1 aromatic heterocycles. The van der Waals surface area contributed by atoms with Crippen molar-refractivity contribution >= 4 is 17.7 Å². The van der Waals surface area contributed by atoms with Crippen LogP contribution in [0.15, 0.2) is 24.4 Å². The number of nitrogens with zero attached hydrogens (tertiary/aromatic N) is 1.